The second-order valence-corrected chi connectivity index (χ2v) is 41.9. The summed E-state index contributed by atoms with van der Waals surface area (Å²) < 4.78 is 2.46. The van der Waals surface area contributed by atoms with Crippen molar-refractivity contribution in [2.24, 2.45) is 0 Å². The Bertz CT molecular complexity index is 6400. The van der Waals surface area contributed by atoms with E-state index in [0.717, 1.165) is 62.1 Å². The van der Waals surface area contributed by atoms with Crippen molar-refractivity contribution in [2.75, 3.05) is 9.80 Å². The summed E-state index contributed by atoms with van der Waals surface area (Å²) in [5.74, 6) is 0. The molecular formula is C108H78BN3Si3. The summed E-state index contributed by atoms with van der Waals surface area (Å²) >= 11 is 0. The Morgan fingerprint density at radius 2 is 0.513 bits per heavy atom. The van der Waals surface area contributed by atoms with Gasteiger partial charge >= 0.3 is 0 Å². The molecule has 0 amide bonds. The standard InChI is InChI=1S/C108H78BN3Si3/c1-11-37-79(38-12-1)97-61-36-62-100-108(97)112(83-67-71-95(72-68-83)114(88-47-19-5-20-48-88,89-49-21-6-22-50-89)90-51-23-7-24-52-90)106-77-81(80-39-35-40-84(75-80)111-102-63-33-31-59-98(102)99-60-32-34-64-103(99)111)76-105-107(106)109(100)101-78-96(115(91-53-25-8-26-54-91,92-55-27-9-28-56-92)93-57-29-10-30-58-93)73-74-104(101)110(105)82-65-69-94(70-66-82)113(85-41-13-2-14-42-85,86-43-15-3-16-44-86)87-45-17-4-18-46-87/h1-78H. The lowest BCUT2D eigenvalue weighted by atomic mass is 9.33. The summed E-state index contributed by atoms with van der Waals surface area (Å²) in [6.45, 7) is -0.264. The van der Waals surface area contributed by atoms with Gasteiger partial charge in [0.15, 0.2) is 24.2 Å². The van der Waals surface area contributed by atoms with Gasteiger partial charge < -0.3 is 14.4 Å². The number of hydrogen-bond donors (Lipinski definition) is 0. The molecule has 0 saturated heterocycles. The highest BCUT2D eigenvalue weighted by Crippen LogP contribution is 2.49. The van der Waals surface area contributed by atoms with Crippen molar-refractivity contribution in [3.8, 4) is 27.9 Å². The number of rotatable bonds is 17. The van der Waals surface area contributed by atoms with Crippen LogP contribution in [0.4, 0.5) is 34.1 Å². The van der Waals surface area contributed by atoms with Crippen LogP contribution in [0, 0.1) is 0 Å². The molecule has 540 valence electrons. The zero-order valence-electron chi connectivity index (χ0n) is 63.5. The molecule has 0 atom stereocenters. The number of anilines is 6. The van der Waals surface area contributed by atoms with Crippen molar-refractivity contribution in [2.45, 2.75) is 0 Å². The average Bonchev–Trinajstić information content (AvgIpc) is 1.42. The first-order valence-corrected chi connectivity index (χ1v) is 46.0. The van der Waals surface area contributed by atoms with E-state index in [1.807, 2.05) is 0 Å². The largest absolute Gasteiger partial charge is 0.311 e. The van der Waals surface area contributed by atoms with Crippen molar-refractivity contribution in [1.29, 1.82) is 0 Å². The van der Waals surface area contributed by atoms with Crippen LogP contribution >= 0.6 is 0 Å². The lowest BCUT2D eigenvalue weighted by Gasteiger charge is -2.46. The zero-order valence-corrected chi connectivity index (χ0v) is 66.5. The lowest BCUT2D eigenvalue weighted by molar-refractivity contribution is 1.18. The third-order valence-corrected chi connectivity index (χ3v) is 39.0. The maximum atomic E-state index is 2.68. The number of hydrogen-bond acceptors (Lipinski definition) is 2. The molecule has 2 aliphatic rings. The summed E-state index contributed by atoms with van der Waals surface area (Å²) in [4.78, 5) is 5.32. The molecule has 7 heteroatoms. The molecule has 0 spiro atoms. The summed E-state index contributed by atoms with van der Waals surface area (Å²) in [6, 6.07) is 180. The van der Waals surface area contributed by atoms with Crippen molar-refractivity contribution in [3.05, 3.63) is 473 Å². The van der Waals surface area contributed by atoms with E-state index in [-0.39, 0.29) is 6.71 Å². The van der Waals surface area contributed by atoms with Gasteiger partial charge in [0.25, 0.3) is 6.71 Å². The van der Waals surface area contributed by atoms with Crippen LogP contribution in [0.5, 0.6) is 0 Å². The fourth-order valence-electron chi connectivity index (χ4n) is 19.8. The first-order valence-electron chi connectivity index (χ1n) is 40.0. The third-order valence-electron chi connectivity index (χ3n) is 24.6. The minimum atomic E-state index is -3.17. The molecule has 3 nitrogen and oxygen atoms in total. The van der Waals surface area contributed by atoms with Crippen LogP contribution in [0.15, 0.2) is 473 Å². The Morgan fingerprint density at radius 1 is 0.191 bits per heavy atom. The van der Waals surface area contributed by atoms with E-state index in [0.29, 0.717) is 0 Å². The fraction of sp³-hybridized carbons (Fsp3) is 0. The van der Waals surface area contributed by atoms with Gasteiger partial charge in [0.2, 0.25) is 0 Å². The van der Waals surface area contributed by atoms with E-state index in [1.165, 1.54) is 100 Å². The van der Waals surface area contributed by atoms with Crippen molar-refractivity contribution < 1.29 is 0 Å². The second-order valence-electron chi connectivity index (χ2n) is 30.5. The van der Waals surface area contributed by atoms with Crippen LogP contribution in [-0.4, -0.2) is 35.5 Å². The first-order chi connectivity index (χ1) is 57.1. The molecule has 1 aromatic heterocycles. The molecule has 0 unspecified atom stereocenters. The van der Waals surface area contributed by atoms with Crippen molar-refractivity contribution >= 4 is 165 Å². The Balaban J connectivity index is 0.878. The highest BCUT2D eigenvalue weighted by molar-refractivity contribution is 7.21. The van der Waals surface area contributed by atoms with E-state index >= 15 is 0 Å². The summed E-state index contributed by atoms with van der Waals surface area (Å²) in [6.07, 6.45) is 0. The molecule has 0 saturated carbocycles. The normalized spacial score (nSPS) is 12.5. The molecule has 0 N–H and O–H groups in total. The van der Waals surface area contributed by atoms with Gasteiger partial charge in [0, 0.05) is 56.1 Å². The molecule has 19 aromatic rings. The van der Waals surface area contributed by atoms with E-state index in [4.69, 9.17) is 0 Å². The van der Waals surface area contributed by atoms with Gasteiger partial charge in [-0.3, -0.25) is 0 Å². The topological polar surface area (TPSA) is 11.4 Å². The highest BCUT2D eigenvalue weighted by Gasteiger charge is 2.49. The van der Waals surface area contributed by atoms with E-state index in [2.05, 4.69) is 488 Å². The van der Waals surface area contributed by atoms with Crippen LogP contribution in [0.3, 0.4) is 0 Å². The Kier molecular flexibility index (Phi) is 17.4. The first kappa shape index (κ1) is 69.1. The van der Waals surface area contributed by atoms with E-state index in [9.17, 15) is 0 Å². The minimum absolute atomic E-state index is 0.264. The molecule has 3 heterocycles. The van der Waals surface area contributed by atoms with Gasteiger partial charge in [-0.05, 0) is 162 Å². The van der Waals surface area contributed by atoms with Crippen molar-refractivity contribution in [1.82, 2.24) is 4.57 Å². The van der Waals surface area contributed by atoms with Gasteiger partial charge in [-0.1, -0.05) is 406 Å². The number of para-hydroxylation sites is 3. The maximum absolute atomic E-state index is 3.17. The maximum Gasteiger partial charge on any atom is 0.252 e. The van der Waals surface area contributed by atoms with Crippen LogP contribution in [-0.2, 0) is 0 Å². The van der Waals surface area contributed by atoms with Gasteiger partial charge in [-0.2, -0.15) is 0 Å². The molecule has 115 heavy (non-hydrogen) atoms. The SMILES string of the molecule is c1ccc(-c2cccc3c2N(c2ccc([Si](c4ccccc4)(c4ccccc4)c4ccccc4)cc2)c2cc(-c4cccc(-n5c6ccccc6c6ccccc65)c4)cc4c2B3c2cc([Si](c3ccccc3)(c3ccccc3)c3ccccc3)ccc2N4c2ccc([Si](c3ccccc3)(c3ccccc3)c3ccccc3)cc2)cc1. The third kappa shape index (κ3) is 11.2. The summed E-state index contributed by atoms with van der Waals surface area (Å²) in [5, 5.41) is 18.4. The predicted molar refractivity (Wildman–Crippen MR) is 497 cm³/mol. The minimum Gasteiger partial charge on any atom is -0.311 e. The molecule has 0 aliphatic carbocycles. The van der Waals surface area contributed by atoms with Crippen LogP contribution in [0.1, 0.15) is 0 Å². The predicted octanol–water partition coefficient (Wildman–Crippen LogP) is 16.3. The van der Waals surface area contributed by atoms with Gasteiger partial charge in [0.1, 0.15) is 0 Å². The molecule has 0 radical (unpaired) electrons. The van der Waals surface area contributed by atoms with E-state index < -0.39 is 24.2 Å². The summed E-state index contributed by atoms with van der Waals surface area (Å²) in [5.41, 5.74) is 18.4. The molecule has 0 fully saturated rings. The van der Waals surface area contributed by atoms with Crippen LogP contribution < -0.4 is 88.4 Å². The molecular weight excluding hydrogens is 1430 g/mol. The molecule has 0 bridgehead atoms. The Hall–Kier alpha value is -13.9. The summed E-state index contributed by atoms with van der Waals surface area (Å²) in [7, 11) is -9.15. The van der Waals surface area contributed by atoms with Crippen LogP contribution in [0.2, 0.25) is 0 Å². The van der Waals surface area contributed by atoms with E-state index in [1.54, 1.807) is 0 Å². The molecule has 21 rings (SSSR count). The van der Waals surface area contributed by atoms with Crippen LogP contribution in [0.25, 0.3) is 49.7 Å². The second kappa shape index (κ2) is 29.0. The Morgan fingerprint density at radius 3 is 0.922 bits per heavy atom. The fourth-order valence-corrected chi connectivity index (χ4v) is 34.1. The number of aromatic nitrogens is 1. The van der Waals surface area contributed by atoms with Gasteiger partial charge in [-0.25, -0.2) is 0 Å². The number of benzene rings is 18. The highest BCUT2D eigenvalue weighted by atomic mass is 28.3. The van der Waals surface area contributed by atoms with Gasteiger partial charge in [0.05, 0.1) is 11.0 Å². The molecule has 2 aliphatic heterocycles. The van der Waals surface area contributed by atoms with Gasteiger partial charge in [-0.15, -0.1) is 0 Å². The van der Waals surface area contributed by atoms with Crippen molar-refractivity contribution in [3.63, 3.8) is 0 Å². The average molecular weight is 1510 g/mol. The lowest BCUT2D eigenvalue weighted by Crippen LogP contribution is -2.75. The zero-order chi connectivity index (χ0) is 76.3. The number of nitrogens with zero attached hydrogens (tertiary/aromatic N) is 3. The monoisotopic (exact) mass is 1510 g/mol. The molecule has 18 aromatic carbocycles. The number of fused-ring (bicyclic) bond motifs is 7. The Labute approximate surface area is 676 Å². The smallest absolute Gasteiger partial charge is 0.252 e. The quantitative estimate of drug-likeness (QED) is 0.0665.